The summed E-state index contributed by atoms with van der Waals surface area (Å²) in [6, 6.07) is 5.34. The minimum absolute atomic E-state index is 0.0353. The van der Waals surface area contributed by atoms with Gasteiger partial charge < -0.3 is 19.5 Å². The summed E-state index contributed by atoms with van der Waals surface area (Å²) < 4.78 is 15.2. The first kappa shape index (κ1) is 13.1. The third-order valence-corrected chi connectivity index (χ3v) is 2.54. The maximum atomic E-state index is 11.8. The largest absolute Gasteiger partial charge is 0.493 e. The van der Waals surface area contributed by atoms with Crippen molar-refractivity contribution < 1.29 is 24.3 Å². The van der Waals surface area contributed by atoms with Gasteiger partial charge in [0, 0.05) is 18.3 Å². The van der Waals surface area contributed by atoms with Gasteiger partial charge in [0.25, 0.3) is 0 Å². The van der Waals surface area contributed by atoms with Gasteiger partial charge in [0.1, 0.15) is 12.2 Å². The fraction of sp³-hybridized carbons (Fsp3) is 0. The number of aromatic hydroxyl groups is 2. The van der Waals surface area contributed by atoms with Crippen LogP contribution in [0.5, 0.6) is 17.5 Å². The zero-order chi connectivity index (χ0) is 13.8. The summed E-state index contributed by atoms with van der Waals surface area (Å²) in [5.41, 5.74) is 0. The molecule has 9 heteroatoms. The zero-order valence-electron chi connectivity index (χ0n) is 9.37. The molecule has 0 spiro atoms. The molecule has 0 saturated carbocycles. The summed E-state index contributed by atoms with van der Waals surface area (Å²) in [4.78, 5) is 15.5. The number of amides is 1. The highest BCUT2D eigenvalue weighted by atomic mass is 32.2. The van der Waals surface area contributed by atoms with Crippen LogP contribution >= 0.6 is 12.2 Å². The maximum Gasteiger partial charge on any atom is 0.447 e. The smallest absolute Gasteiger partial charge is 0.447 e. The van der Waals surface area contributed by atoms with Crippen LogP contribution in [0.4, 0.5) is 4.79 Å². The van der Waals surface area contributed by atoms with E-state index in [4.69, 9.17) is 9.29 Å². The molecule has 2 rings (SSSR count). The second-order valence-electron chi connectivity index (χ2n) is 3.27. The molecule has 8 nitrogen and oxygen atoms in total. The van der Waals surface area contributed by atoms with Crippen LogP contribution in [0.3, 0.4) is 0 Å². The number of nitrogens with zero attached hydrogens (tertiary/aromatic N) is 3. The van der Waals surface area contributed by atoms with Crippen molar-refractivity contribution in [3.8, 4) is 17.5 Å². The Morgan fingerprint density at radius 2 is 2.00 bits per heavy atom. The molecule has 0 atom stereocenters. The molecule has 0 fully saturated rings. The van der Waals surface area contributed by atoms with Crippen molar-refractivity contribution in [3.63, 3.8) is 0 Å². The van der Waals surface area contributed by atoms with Crippen molar-refractivity contribution in [1.29, 1.82) is 0 Å². The number of carbonyl (C=O) groups excluding carboxylic acids is 1. The lowest BCUT2D eigenvalue weighted by atomic mass is 10.5. The maximum absolute atomic E-state index is 11.8. The molecule has 0 aliphatic heterocycles. The lowest BCUT2D eigenvalue weighted by Crippen LogP contribution is -2.35. The fourth-order valence-electron chi connectivity index (χ4n) is 1.29. The number of hydrogen-bond donors (Lipinski definition) is 3. The molecule has 19 heavy (non-hydrogen) atoms. The molecule has 0 saturated heterocycles. The number of aromatic nitrogens is 2. The predicted molar refractivity (Wildman–Crippen MR) is 66.5 cm³/mol. The van der Waals surface area contributed by atoms with Gasteiger partial charge in [0.15, 0.2) is 5.75 Å². The van der Waals surface area contributed by atoms with Crippen molar-refractivity contribution >= 4 is 18.3 Å². The second-order valence-corrected chi connectivity index (χ2v) is 3.78. The summed E-state index contributed by atoms with van der Waals surface area (Å²) >= 11 is -0.0353. The van der Waals surface area contributed by atoms with Crippen LogP contribution < -0.4 is 9.15 Å². The van der Waals surface area contributed by atoms with E-state index in [0.717, 1.165) is 12.1 Å². The summed E-state index contributed by atoms with van der Waals surface area (Å²) in [5.74, 6) is -0.734. The first-order valence-electron chi connectivity index (χ1n) is 4.97. The van der Waals surface area contributed by atoms with E-state index in [-0.39, 0.29) is 18.0 Å². The van der Waals surface area contributed by atoms with E-state index in [1.54, 1.807) is 6.07 Å². The number of rotatable bonds is 3. The summed E-state index contributed by atoms with van der Waals surface area (Å²) in [5, 5.41) is 18.9. The topological polar surface area (TPSA) is 108 Å². The quantitative estimate of drug-likeness (QED) is 0.579. The van der Waals surface area contributed by atoms with Gasteiger partial charge in [-0.05, 0) is 12.1 Å². The average Bonchev–Trinajstić information content (AvgIpc) is 2.73. The molecule has 0 aromatic carbocycles. The Morgan fingerprint density at radius 1 is 1.32 bits per heavy atom. The predicted octanol–water partition coefficient (Wildman–Crippen LogP) is 1.55. The van der Waals surface area contributed by atoms with Crippen LogP contribution in [0, 0.1) is 0 Å². The molecule has 2 aromatic rings. The second kappa shape index (κ2) is 5.50. The monoisotopic (exact) mass is 283 g/mol. The van der Waals surface area contributed by atoms with E-state index in [1.807, 2.05) is 0 Å². The van der Waals surface area contributed by atoms with Crippen molar-refractivity contribution in [2.75, 3.05) is 4.41 Å². The van der Waals surface area contributed by atoms with Gasteiger partial charge in [-0.15, -0.1) is 4.41 Å². The molecule has 0 unspecified atom stereocenters. The van der Waals surface area contributed by atoms with Gasteiger partial charge in [-0.25, -0.2) is 4.79 Å². The van der Waals surface area contributed by atoms with Crippen LogP contribution in [0.25, 0.3) is 0 Å². The highest BCUT2D eigenvalue weighted by Crippen LogP contribution is 2.25. The third kappa shape index (κ3) is 2.72. The van der Waals surface area contributed by atoms with E-state index >= 15 is 0 Å². The number of pyridine rings is 1. The molecule has 3 N–H and O–H groups in total. The molecule has 0 bridgehead atoms. The van der Waals surface area contributed by atoms with Gasteiger partial charge in [-0.3, -0.25) is 4.98 Å². The van der Waals surface area contributed by atoms with Crippen molar-refractivity contribution in [3.05, 3.63) is 36.7 Å². The molecule has 1 amide bonds. The molecule has 0 radical (unpaired) electrons. The summed E-state index contributed by atoms with van der Waals surface area (Å²) in [7, 11) is 0. The Balaban J connectivity index is 2.21. The van der Waals surface area contributed by atoms with Crippen molar-refractivity contribution in [1.82, 2.24) is 9.66 Å². The lowest BCUT2D eigenvalue weighted by Gasteiger charge is -2.19. The molecule has 2 aromatic heterocycles. The summed E-state index contributed by atoms with van der Waals surface area (Å²) in [6.45, 7) is 0. The average molecular weight is 283 g/mol. The molecular weight excluding hydrogens is 274 g/mol. The van der Waals surface area contributed by atoms with E-state index in [1.165, 1.54) is 18.5 Å². The number of ether oxygens (including phenoxy) is 1. The fourth-order valence-corrected chi connectivity index (χ4v) is 1.64. The Bertz CT molecular complexity index is 554. The number of carbonyl (C=O) groups is 1. The van der Waals surface area contributed by atoms with Crippen LogP contribution in [0.1, 0.15) is 0 Å². The van der Waals surface area contributed by atoms with E-state index in [0.29, 0.717) is 9.09 Å². The Labute approximate surface area is 111 Å². The van der Waals surface area contributed by atoms with Crippen LogP contribution in [0.2, 0.25) is 0 Å². The van der Waals surface area contributed by atoms with Gasteiger partial charge in [0.05, 0.1) is 6.20 Å². The highest BCUT2D eigenvalue weighted by Gasteiger charge is 2.23. The van der Waals surface area contributed by atoms with Gasteiger partial charge in [0.2, 0.25) is 11.8 Å². The van der Waals surface area contributed by atoms with Gasteiger partial charge in [-0.2, -0.15) is 4.68 Å². The molecule has 0 aliphatic rings. The van der Waals surface area contributed by atoms with Crippen molar-refractivity contribution in [2.45, 2.75) is 0 Å². The normalized spacial score (nSPS) is 10.2. The molecule has 2 heterocycles. The Hall–Kier alpha value is -2.39. The lowest BCUT2D eigenvalue weighted by molar-refractivity contribution is 0.204. The zero-order valence-corrected chi connectivity index (χ0v) is 10.2. The van der Waals surface area contributed by atoms with Gasteiger partial charge in [-0.1, -0.05) is 0 Å². The standard InChI is InChI=1S/C10H9N3O5S/c14-8-3-4-9(15)12(8)13(19-17)10(16)18-7-2-1-5-11-6-7/h1-6,14-15,17H. The Kier molecular flexibility index (Phi) is 3.78. The minimum atomic E-state index is -1.03. The van der Waals surface area contributed by atoms with Crippen LogP contribution in [-0.2, 0) is 0 Å². The van der Waals surface area contributed by atoms with E-state index in [9.17, 15) is 15.0 Å². The Morgan fingerprint density at radius 3 is 2.53 bits per heavy atom. The first-order valence-corrected chi connectivity index (χ1v) is 5.70. The first-order chi connectivity index (χ1) is 9.13. The van der Waals surface area contributed by atoms with Crippen molar-refractivity contribution in [2.24, 2.45) is 0 Å². The molecule has 0 aliphatic carbocycles. The summed E-state index contributed by atoms with van der Waals surface area (Å²) in [6.07, 6.45) is 1.77. The van der Waals surface area contributed by atoms with E-state index in [2.05, 4.69) is 4.98 Å². The highest BCUT2D eigenvalue weighted by molar-refractivity contribution is 7.95. The third-order valence-electron chi connectivity index (χ3n) is 2.07. The molecular formula is C10H9N3O5S. The van der Waals surface area contributed by atoms with E-state index < -0.39 is 17.9 Å². The SMILES string of the molecule is O=C(Oc1cccnc1)N(SO)n1c(O)ccc1O. The van der Waals surface area contributed by atoms with Crippen LogP contribution in [0.15, 0.2) is 36.7 Å². The van der Waals surface area contributed by atoms with Crippen LogP contribution in [-0.4, -0.2) is 30.5 Å². The minimum Gasteiger partial charge on any atom is -0.493 e. The number of hydrogen-bond acceptors (Lipinski definition) is 7. The molecule has 100 valence electrons. The van der Waals surface area contributed by atoms with Gasteiger partial charge >= 0.3 is 6.09 Å².